The Hall–Kier alpha value is -1.01. The Kier molecular flexibility index (Phi) is 4.29. The summed E-state index contributed by atoms with van der Waals surface area (Å²) in [5.41, 5.74) is 1.06. The number of aromatic nitrogens is 3. The summed E-state index contributed by atoms with van der Waals surface area (Å²) in [7, 11) is 0. The lowest BCUT2D eigenvalue weighted by Crippen LogP contribution is -2.12. The molecule has 1 unspecified atom stereocenters. The predicted molar refractivity (Wildman–Crippen MR) is 78.5 cm³/mol. The van der Waals surface area contributed by atoms with Gasteiger partial charge < -0.3 is 5.32 Å². The molecular weight excluding hydrogens is 264 g/mol. The molecule has 0 fully saturated rings. The molecule has 18 heavy (non-hydrogen) atoms. The molecule has 1 N–H and O–H groups in total. The van der Waals surface area contributed by atoms with E-state index in [-0.39, 0.29) is 0 Å². The number of thiazole rings is 1. The van der Waals surface area contributed by atoms with Crippen molar-refractivity contribution in [2.24, 2.45) is 0 Å². The van der Waals surface area contributed by atoms with Gasteiger partial charge in [0.25, 0.3) is 0 Å². The summed E-state index contributed by atoms with van der Waals surface area (Å²) in [5.74, 6) is 0. The molecule has 0 aliphatic carbocycles. The fourth-order valence-electron chi connectivity index (χ4n) is 1.49. The van der Waals surface area contributed by atoms with E-state index in [0.29, 0.717) is 6.04 Å². The van der Waals surface area contributed by atoms with E-state index >= 15 is 0 Å². The zero-order chi connectivity index (χ0) is 13.1. The fourth-order valence-corrected chi connectivity index (χ4v) is 3.47. The Balaban J connectivity index is 2.20. The number of hydrogen-bond acceptors (Lipinski definition) is 6. The molecule has 2 aromatic rings. The highest BCUT2D eigenvalue weighted by molar-refractivity contribution is 7.23. The van der Waals surface area contributed by atoms with Gasteiger partial charge in [0, 0.05) is 6.04 Å². The Morgan fingerprint density at radius 2 is 2.00 bits per heavy atom. The Bertz CT molecular complexity index is 518. The van der Waals surface area contributed by atoms with Crippen molar-refractivity contribution < 1.29 is 0 Å². The normalized spacial score (nSPS) is 12.7. The third kappa shape index (κ3) is 2.87. The van der Waals surface area contributed by atoms with Crippen molar-refractivity contribution in [1.29, 1.82) is 0 Å². The molecule has 2 heterocycles. The third-order valence-electron chi connectivity index (χ3n) is 2.74. The average molecular weight is 282 g/mol. The van der Waals surface area contributed by atoms with Crippen molar-refractivity contribution in [3.8, 4) is 9.88 Å². The first-order valence-electron chi connectivity index (χ1n) is 6.20. The molecule has 0 saturated heterocycles. The SMILES string of the molecule is CCc1nc(C)c(-c2nnc(NC(C)CC)s2)s1. The summed E-state index contributed by atoms with van der Waals surface area (Å²) in [6, 6.07) is 0.430. The van der Waals surface area contributed by atoms with Crippen LogP contribution in [0.2, 0.25) is 0 Å². The minimum absolute atomic E-state index is 0.430. The monoisotopic (exact) mass is 282 g/mol. The van der Waals surface area contributed by atoms with Crippen molar-refractivity contribution in [1.82, 2.24) is 15.2 Å². The van der Waals surface area contributed by atoms with Crippen LogP contribution in [0.5, 0.6) is 0 Å². The largest absolute Gasteiger partial charge is 0.358 e. The van der Waals surface area contributed by atoms with Crippen LogP contribution in [-0.4, -0.2) is 21.2 Å². The van der Waals surface area contributed by atoms with Gasteiger partial charge in [-0.05, 0) is 26.7 Å². The molecule has 0 aliphatic heterocycles. The van der Waals surface area contributed by atoms with Crippen LogP contribution in [0.15, 0.2) is 0 Å². The first-order valence-corrected chi connectivity index (χ1v) is 7.84. The van der Waals surface area contributed by atoms with Crippen molar-refractivity contribution in [2.45, 2.75) is 46.6 Å². The maximum Gasteiger partial charge on any atom is 0.206 e. The quantitative estimate of drug-likeness (QED) is 0.907. The molecule has 1 atom stereocenters. The van der Waals surface area contributed by atoms with E-state index in [4.69, 9.17) is 0 Å². The van der Waals surface area contributed by atoms with Crippen LogP contribution in [0, 0.1) is 6.92 Å². The summed E-state index contributed by atoms with van der Waals surface area (Å²) in [6.07, 6.45) is 2.05. The molecule has 0 radical (unpaired) electrons. The van der Waals surface area contributed by atoms with Gasteiger partial charge in [-0.2, -0.15) is 0 Å². The van der Waals surface area contributed by atoms with E-state index in [1.807, 2.05) is 6.92 Å². The molecule has 2 rings (SSSR count). The summed E-state index contributed by atoms with van der Waals surface area (Å²) < 4.78 is 0. The van der Waals surface area contributed by atoms with Gasteiger partial charge in [0.1, 0.15) is 0 Å². The van der Waals surface area contributed by atoms with Crippen LogP contribution in [0.25, 0.3) is 9.88 Å². The summed E-state index contributed by atoms with van der Waals surface area (Å²) in [5, 5.41) is 14.8. The lowest BCUT2D eigenvalue weighted by Gasteiger charge is -2.07. The average Bonchev–Trinajstić information content (AvgIpc) is 2.95. The molecule has 0 aromatic carbocycles. The number of anilines is 1. The Morgan fingerprint density at radius 3 is 2.61 bits per heavy atom. The summed E-state index contributed by atoms with van der Waals surface area (Å²) in [6.45, 7) is 8.46. The lowest BCUT2D eigenvalue weighted by molar-refractivity contribution is 0.760. The molecule has 98 valence electrons. The summed E-state index contributed by atoms with van der Waals surface area (Å²) in [4.78, 5) is 5.68. The number of hydrogen-bond donors (Lipinski definition) is 1. The zero-order valence-electron chi connectivity index (χ0n) is 11.1. The van der Waals surface area contributed by atoms with Crippen LogP contribution in [-0.2, 0) is 6.42 Å². The van der Waals surface area contributed by atoms with E-state index in [1.54, 1.807) is 22.7 Å². The van der Waals surface area contributed by atoms with Gasteiger partial charge in [-0.1, -0.05) is 25.2 Å². The molecule has 6 heteroatoms. The predicted octanol–water partition coefficient (Wildman–Crippen LogP) is 3.74. The fraction of sp³-hybridized carbons (Fsp3) is 0.583. The van der Waals surface area contributed by atoms with Gasteiger partial charge in [-0.25, -0.2) is 4.98 Å². The Morgan fingerprint density at radius 1 is 1.22 bits per heavy atom. The molecule has 0 spiro atoms. The first kappa shape index (κ1) is 13.4. The number of nitrogens with zero attached hydrogens (tertiary/aromatic N) is 3. The maximum atomic E-state index is 4.53. The van der Waals surface area contributed by atoms with Gasteiger partial charge in [0.05, 0.1) is 15.6 Å². The lowest BCUT2D eigenvalue weighted by atomic mass is 10.3. The van der Waals surface area contributed by atoms with Crippen LogP contribution < -0.4 is 5.32 Å². The zero-order valence-corrected chi connectivity index (χ0v) is 12.8. The minimum atomic E-state index is 0.430. The van der Waals surface area contributed by atoms with Gasteiger partial charge in [-0.3, -0.25) is 0 Å². The molecule has 0 amide bonds. The first-order chi connectivity index (χ1) is 8.63. The van der Waals surface area contributed by atoms with Crippen LogP contribution >= 0.6 is 22.7 Å². The number of nitrogens with one attached hydrogen (secondary N) is 1. The molecule has 4 nitrogen and oxygen atoms in total. The molecule has 2 aromatic heterocycles. The molecular formula is C12H18N4S2. The van der Waals surface area contributed by atoms with Crippen molar-refractivity contribution >= 4 is 27.8 Å². The van der Waals surface area contributed by atoms with Gasteiger partial charge >= 0.3 is 0 Å². The number of aryl methyl sites for hydroxylation is 2. The van der Waals surface area contributed by atoms with E-state index < -0.39 is 0 Å². The molecule has 0 saturated carbocycles. The molecule has 0 aliphatic rings. The summed E-state index contributed by atoms with van der Waals surface area (Å²) >= 11 is 3.32. The Labute approximate surface area is 116 Å². The van der Waals surface area contributed by atoms with Gasteiger partial charge in [-0.15, -0.1) is 21.5 Å². The highest BCUT2D eigenvalue weighted by Crippen LogP contribution is 2.33. The standard InChI is InChI=1S/C12H18N4S2/c1-5-7(3)13-12-16-15-11(18-12)10-8(4)14-9(6-2)17-10/h7H,5-6H2,1-4H3,(H,13,16). The van der Waals surface area contributed by atoms with Crippen LogP contribution in [0.1, 0.15) is 37.9 Å². The third-order valence-corrected chi connectivity index (χ3v) is 5.05. The van der Waals surface area contributed by atoms with E-state index in [0.717, 1.165) is 38.6 Å². The topological polar surface area (TPSA) is 50.7 Å². The molecule has 0 bridgehead atoms. The van der Waals surface area contributed by atoms with Crippen molar-refractivity contribution in [3.05, 3.63) is 10.7 Å². The smallest absolute Gasteiger partial charge is 0.206 e. The second kappa shape index (κ2) is 5.75. The van der Waals surface area contributed by atoms with E-state index in [2.05, 4.69) is 41.3 Å². The highest BCUT2D eigenvalue weighted by atomic mass is 32.1. The van der Waals surface area contributed by atoms with Crippen LogP contribution in [0.3, 0.4) is 0 Å². The maximum absolute atomic E-state index is 4.53. The van der Waals surface area contributed by atoms with Crippen molar-refractivity contribution in [3.63, 3.8) is 0 Å². The minimum Gasteiger partial charge on any atom is -0.358 e. The van der Waals surface area contributed by atoms with Gasteiger partial charge in [0.2, 0.25) is 5.13 Å². The van der Waals surface area contributed by atoms with E-state index in [9.17, 15) is 0 Å². The number of rotatable bonds is 5. The second-order valence-corrected chi connectivity index (χ2v) is 6.30. The van der Waals surface area contributed by atoms with E-state index in [1.165, 1.54) is 0 Å². The second-order valence-electron chi connectivity index (χ2n) is 4.24. The van der Waals surface area contributed by atoms with Gasteiger partial charge in [0.15, 0.2) is 5.01 Å². The van der Waals surface area contributed by atoms with Crippen molar-refractivity contribution in [2.75, 3.05) is 5.32 Å². The van der Waals surface area contributed by atoms with Crippen LogP contribution in [0.4, 0.5) is 5.13 Å². The highest BCUT2D eigenvalue weighted by Gasteiger charge is 2.14.